The van der Waals surface area contributed by atoms with E-state index in [9.17, 15) is 23.9 Å². The number of aromatic nitrogens is 1. The molecule has 0 unspecified atom stereocenters. The highest BCUT2D eigenvalue weighted by molar-refractivity contribution is 6.11. The van der Waals surface area contributed by atoms with Crippen LogP contribution in [0.5, 0.6) is 0 Å². The molecule has 1 atom stereocenters. The van der Waals surface area contributed by atoms with Gasteiger partial charge in [-0.05, 0) is 55.7 Å². The van der Waals surface area contributed by atoms with Crippen molar-refractivity contribution in [2.45, 2.75) is 51.7 Å². The number of Topliss-reactive ketones (excluding diaryl/α,β-unsaturated/α-hetero) is 1. The number of amides is 1. The molecule has 42 heavy (non-hydrogen) atoms. The van der Waals surface area contributed by atoms with Crippen LogP contribution in [-0.2, 0) is 20.7 Å². The molecule has 1 aromatic heterocycles. The van der Waals surface area contributed by atoms with Crippen molar-refractivity contribution in [2.24, 2.45) is 0 Å². The van der Waals surface area contributed by atoms with Crippen molar-refractivity contribution in [1.82, 2.24) is 4.57 Å². The number of anilines is 1. The molecule has 1 amide bonds. The van der Waals surface area contributed by atoms with Crippen LogP contribution in [-0.4, -0.2) is 40.5 Å². The largest absolute Gasteiger partial charge is 0.469 e. The zero-order chi connectivity index (χ0) is 30.2. The highest BCUT2D eigenvalue weighted by Crippen LogP contribution is 2.42. The van der Waals surface area contributed by atoms with Crippen molar-refractivity contribution < 1.29 is 28.6 Å². The average molecular weight is 571 g/mol. The predicted octanol–water partition coefficient (Wildman–Crippen LogP) is 6.61. The van der Waals surface area contributed by atoms with Gasteiger partial charge in [-0.25, -0.2) is 4.39 Å². The summed E-state index contributed by atoms with van der Waals surface area (Å²) in [6, 6.07) is 24.6. The van der Waals surface area contributed by atoms with E-state index in [-0.39, 0.29) is 49.2 Å². The number of halogens is 1. The minimum Gasteiger partial charge on any atom is -0.469 e. The van der Waals surface area contributed by atoms with Gasteiger partial charge in [-0.1, -0.05) is 60.7 Å². The number of ether oxygens (including phenoxy) is 1. The maximum atomic E-state index is 14.1. The van der Waals surface area contributed by atoms with Crippen molar-refractivity contribution in [3.05, 3.63) is 102 Å². The number of methoxy groups -OCH3 is 1. The second kappa shape index (κ2) is 13.9. The normalized spacial score (nSPS) is 11.8. The van der Waals surface area contributed by atoms with Crippen molar-refractivity contribution in [3.8, 4) is 22.3 Å². The number of esters is 1. The zero-order valence-electron chi connectivity index (χ0n) is 24.0. The molecule has 0 saturated heterocycles. The lowest BCUT2D eigenvalue weighted by Crippen LogP contribution is -2.21. The summed E-state index contributed by atoms with van der Waals surface area (Å²) in [4.78, 5) is 38.6. The van der Waals surface area contributed by atoms with Gasteiger partial charge in [0.2, 0.25) is 0 Å². The van der Waals surface area contributed by atoms with Crippen LogP contribution in [0.4, 0.5) is 10.1 Å². The van der Waals surface area contributed by atoms with Crippen molar-refractivity contribution in [3.63, 3.8) is 0 Å². The molecule has 7 nitrogen and oxygen atoms in total. The number of nitrogens with zero attached hydrogens (tertiary/aromatic N) is 1. The van der Waals surface area contributed by atoms with Gasteiger partial charge in [-0.2, -0.15) is 0 Å². The highest BCUT2D eigenvalue weighted by Gasteiger charge is 2.30. The average Bonchev–Trinajstić information content (AvgIpc) is 3.33. The van der Waals surface area contributed by atoms with Crippen molar-refractivity contribution >= 4 is 23.3 Å². The van der Waals surface area contributed by atoms with Gasteiger partial charge in [-0.15, -0.1) is 0 Å². The third kappa shape index (κ3) is 7.19. The van der Waals surface area contributed by atoms with Crippen LogP contribution in [0.2, 0.25) is 0 Å². The van der Waals surface area contributed by atoms with E-state index in [0.29, 0.717) is 22.5 Å². The van der Waals surface area contributed by atoms with Crippen LogP contribution >= 0.6 is 0 Å². The van der Waals surface area contributed by atoms with Crippen LogP contribution in [0, 0.1) is 5.82 Å². The Labute approximate surface area is 245 Å². The molecular weight excluding hydrogens is 535 g/mol. The predicted molar refractivity (Wildman–Crippen MR) is 161 cm³/mol. The standard InChI is InChI=1S/C34H35FN2O5/c1-22(2)37-29(19-18-27(38)20-28(39)21-30(40)42-3)31(24-14-16-25(35)17-15-24)32(23-10-6-4-7-11-23)33(37)34(41)36-26-12-8-5-9-13-26/h4-17,22,28,39H,18-21H2,1-3H3,(H,36,41)/t28-/m1/s1. The fourth-order valence-electron chi connectivity index (χ4n) is 5.17. The molecule has 0 aliphatic heterocycles. The van der Waals surface area contributed by atoms with E-state index in [1.165, 1.54) is 19.2 Å². The highest BCUT2D eigenvalue weighted by atomic mass is 19.1. The quantitative estimate of drug-likeness (QED) is 0.187. The molecule has 218 valence electrons. The Hall–Kier alpha value is -4.56. The number of ketones is 1. The number of hydrogen-bond donors (Lipinski definition) is 2. The Morgan fingerprint density at radius 3 is 2.05 bits per heavy atom. The van der Waals surface area contributed by atoms with E-state index in [1.807, 2.05) is 79.1 Å². The van der Waals surface area contributed by atoms with Gasteiger partial charge < -0.3 is 19.7 Å². The number of para-hydroxylation sites is 1. The molecule has 0 aliphatic carbocycles. The first kappa shape index (κ1) is 30.4. The van der Waals surface area contributed by atoms with Gasteiger partial charge >= 0.3 is 5.97 Å². The molecular formula is C34H35FN2O5. The summed E-state index contributed by atoms with van der Waals surface area (Å²) in [5, 5.41) is 13.2. The van der Waals surface area contributed by atoms with Crippen LogP contribution in [0.1, 0.15) is 55.3 Å². The summed E-state index contributed by atoms with van der Waals surface area (Å²) in [5.41, 5.74) is 4.72. The van der Waals surface area contributed by atoms with Gasteiger partial charge in [0, 0.05) is 41.4 Å². The minimum atomic E-state index is -1.15. The number of aliphatic hydroxyl groups is 1. The van der Waals surface area contributed by atoms with E-state index in [4.69, 9.17) is 0 Å². The molecule has 8 heteroatoms. The topological polar surface area (TPSA) is 97.6 Å². The van der Waals surface area contributed by atoms with E-state index < -0.39 is 12.1 Å². The first-order valence-corrected chi connectivity index (χ1v) is 13.9. The zero-order valence-corrected chi connectivity index (χ0v) is 24.0. The maximum absolute atomic E-state index is 14.1. The molecule has 0 aliphatic rings. The summed E-state index contributed by atoms with van der Waals surface area (Å²) in [5.74, 6) is -1.53. The molecule has 0 radical (unpaired) electrons. The summed E-state index contributed by atoms with van der Waals surface area (Å²) in [7, 11) is 1.23. The number of carbonyl (C=O) groups excluding carboxylic acids is 3. The Balaban J connectivity index is 1.87. The van der Waals surface area contributed by atoms with Crippen LogP contribution < -0.4 is 5.32 Å². The summed E-state index contributed by atoms with van der Waals surface area (Å²) in [6.45, 7) is 3.93. The van der Waals surface area contributed by atoms with Gasteiger partial charge in [0.15, 0.2) is 0 Å². The van der Waals surface area contributed by atoms with E-state index in [0.717, 1.165) is 16.8 Å². The lowest BCUT2D eigenvalue weighted by Gasteiger charge is -2.18. The molecule has 4 aromatic rings. The van der Waals surface area contributed by atoms with Gasteiger partial charge in [0.25, 0.3) is 5.91 Å². The van der Waals surface area contributed by atoms with Crippen LogP contribution in [0.15, 0.2) is 84.9 Å². The first-order valence-electron chi connectivity index (χ1n) is 13.9. The number of carbonyl (C=O) groups is 3. The van der Waals surface area contributed by atoms with Crippen molar-refractivity contribution in [2.75, 3.05) is 12.4 Å². The molecule has 0 fully saturated rings. The fraction of sp³-hybridized carbons (Fsp3) is 0.265. The minimum absolute atomic E-state index is 0.0666. The third-order valence-corrected chi connectivity index (χ3v) is 7.00. The maximum Gasteiger partial charge on any atom is 0.308 e. The molecule has 3 aromatic carbocycles. The summed E-state index contributed by atoms with van der Waals surface area (Å²) in [6.07, 6.45) is -1.29. The molecule has 1 heterocycles. The Morgan fingerprint density at radius 2 is 1.45 bits per heavy atom. The molecule has 0 saturated carbocycles. The number of rotatable bonds is 12. The molecule has 4 rings (SSSR count). The first-order chi connectivity index (χ1) is 20.2. The van der Waals surface area contributed by atoms with E-state index in [1.54, 1.807) is 12.1 Å². The third-order valence-electron chi connectivity index (χ3n) is 7.00. The van der Waals surface area contributed by atoms with E-state index >= 15 is 0 Å². The lowest BCUT2D eigenvalue weighted by atomic mass is 9.93. The van der Waals surface area contributed by atoms with Gasteiger partial charge in [0.1, 0.15) is 17.3 Å². The van der Waals surface area contributed by atoms with Gasteiger partial charge in [-0.3, -0.25) is 14.4 Å². The monoisotopic (exact) mass is 570 g/mol. The smallest absolute Gasteiger partial charge is 0.308 e. The number of hydrogen-bond acceptors (Lipinski definition) is 5. The Morgan fingerprint density at radius 1 is 0.857 bits per heavy atom. The van der Waals surface area contributed by atoms with Crippen molar-refractivity contribution in [1.29, 1.82) is 0 Å². The summed E-state index contributed by atoms with van der Waals surface area (Å²) < 4.78 is 20.6. The second-order valence-electron chi connectivity index (χ2n) is 10.4. The number of nitrogens with one attached hydrogen (secondary N) is 1. The van der Waals surface area contributed by atoms with Gasteiger partial charge in [0.05, 0.1) is 19.6 Å². The molecule has 0 bridgehead atoms. The Bertz CT molecular complexity index is 1530. The van der Waals surface area contributed by atoms with E-state index in [2.05, 4.69) is 10.1 Å². The second-order valence-corrected chi connectivity index (χ2v) is 10.4. The Kier molecular flexibility index (Phi) is 10.0. The summed E-state index contributed by atoms with van der Waals surface area (Å²) >= 11 is 0. The SMILES string of the molecule is COC(=O)C[C@H](O)CC(=O)CCc1c(-c2ccc(F)cc2)c(-c2ccccc2)c(C(=O)Nc2ccccc2)n1C(C)C. The fourth-order valence-corrected chi connectivity index (χ4v) is 5.17. The lowest BCUT2D eigenvalue weighted by molar-refractivity contribution is -0.143. The molecule has 2 N–H and O–H groups in total. The number of benzene rings is 3. The van der Waals surface area contributed by atoms with Crippen LogP contribution in [0.3, 0.4) is 0 Å². The molecule has 0 spiro atoms. The number of aliphatic hydroxyl groups excluding tert-OH is 1. The van der Waals surface area contributed by atoms with Crippen LogP contribution in [0.25, 0.3) is 22.3 Å².